The average molecular weight is 265 g/mol. The molecule has 2 heterocycles. The summed E-state index contributed by atoms with van der Waals surface area (Å²) in [5.41, 5.74) is 1.89. The number of oxazole rings is 1. The van der Waals surface area contributed by atoms with Crippen LogP contribution in [0.4, 0.5) is 6.01 Å². The van der Waals surface area contributed by atoms with Gasteiger partial charge in [0.15, 0.2) is 0 Å². The number of para-hydroxylation sites is 1. The molecule has 1 aliphatic heterocycles. The molecule has 0 fully saturated rings. The summed E-state index contributed by atoms with van der Waals surface area (Å²) in [6, 6.07) is 8.62. The molecule has 0 radical (unpaired) electrons. The summed E-state index contributed by atoms with van der Waals surface area (Å²) in [5, 5.41) is 0. The van der Waals surface area contributed by atoms with Crippen LogP contribution in [0.1, 0.15) is 11.3 Å². The Kier molecular flexibility index (Phi) is 3.11. The summed E-state index contributed by atoms with van der Waals surface area (Å²) in [4.78, 5) is 6.40. The van der Waals surface area contributed by atoms with E-state index in [0.717, 1.165) is 30.1 Å². The molecule has 0 bridgehead atoms. The van der Waals surface area contributed by atoms with Crippen molar-refractivity contribution >= 4 is 17.6 Å². The second kappa shape index (κ2) is 4.90. The number of hydrogen-bond acceptors (Lipinski definition) is 4. The second-order valence-corrected chi connectivity index (χ2v) is 4.40. The van der Waals surface area contributed by atoms with Crippen LogP contribution in [-0.4, -0.2) is 18.1 Å². The molecule has 0 amide bonds. The van der Waals surface area contributed by atoms with Gasteiger partial charge in [-0.2, -0.15) is 4.98 Å². The Bertz CT molecular complexity index is 541. The summed E-state index contributed by atoms with van der Waals surface area (Å²) in [6.45, 7) is 2.10. The molecule has 1 aliphatic rings. The first-order chi connectivity index (χ1) is 8.86. The van der Waals surface area contributed by atoms with E-state index in [2.05, 4.69) is 16.0 Å². The fourth-order valence-corrected chi connectivity index (χ4v) is 2.11. The minimum Gasteiger partial charge on any atom is -0.491 e. The van der Waals surface area contributed by atoms with E-state index in [0.29, 0.717) is 18.5 Å². The van der Waals surface area contributed by atoms with Crippen LogP contribution in [0, 0.1) is 0 Å². The van der Waals surface area contributed by atoms with Gasteiger partial charge >= 0.3 is 0 Å². The Balaban J connectivity index is 1.86. The predicted molar refractivity (Wildman–Crippen MR) is 69.0 cm³/mol. The molecule has 0 aliphatic carbocycles. The Morgan fingerprint density at radius 3 is 3.06 bits per heavy atom. The molecule has 1 aromatic heterocycles. The van der Waals surface area contributed by atoms with Crippen molar-refractivity contribution in [3.63, 3.8) is 0 Å². The number of fused-ring (bicyclic) bond motifs is 1. The van der Waals surface area contributed by atoms with E-state index in [9.17, 15) is 0 Å². The normalized spacial score (nSPS) is 14.8. The number of ether oxygens (including phenoxy) is 1. The molecule has 0 N–H and O–H groups in total. The molecule has 0 atom stereocenters. The van der Waals surface area contributed by atoms with Gasteiger partial charge in [-0.15, -0.1) is 11.6 Å². The Labute approximate surface area is 110 Å². The smallest absolute Gasteiger partial charge is 0.297 e. The summed E-state index contributed by atoms with van der Waals surface area (Å²) in [7, 11) is 0. The van der Waals surface area contributed by atoms with Gasteiger partial charge in [0.1, 0.15) is 18.6 Å². The molecule has 3 rings (SSSR count). The zero-order valence-electron chi connectivity index (χ0n) is 9.80. The first-order valence-corrected chi connectivity index (χ1v) is 6.36. The molecule has 0 saturated carbocycles. The van der Waals surface area contributed by atoms with Gasteiger partial charge in [0.2, 0.25) is 0 Å². The van der Waals surface area contributed by atoms with Gasteiger partial charge in [-0.25, -0.2) is 0 Å². The monoisotopic (exact) mass is 264 g/mol. The van der Waals surface area contributed by atoms with Crippen LogP contribution >= 0.6 is 11.6 Å². The van der Waals surface area contributed by atoms with Crippen molar-refractivity contribution in [2.24, 2.45) is 0 Å². The number of aromatic nitrogens is 1. The van der Waals surface area contributed by atoms with E-state index in [4.69, 9.17) is 20.8 Å². The molecule has 4 nitrogen and oxygen atoms in total. The van der Waals surface area contributed by atoms with Gasteiger partial charge in [-0.3, -0.25) is 0 Å². The number of hydrogen-bond donors (Lipinski definition) is 0. The topological polar surface area (TPSA) is 38.5 Å². The molecule has 18 heavy (non-hydrogen) atoms. The fourth-order valence-electron chi connectivity index (χ4n) is 1.99. The van der Waals surface area contributed by atoms with Crippen molar-refractivity contribution < 1.29 is 9.15 Å². The third-order valence-electron chi connectivity index (χ3n) is 2.90. The number of halogens is 1. The minimum absolute atomic E-state index is 0.366. The van der Waals surface area contributed by atoms with Crippen molar-refractivity contribution in [3.8, 4) is 5.75 Å². The van der Waals surface area contributed by atoms with Crippen molar-refractivity contribution in [1.82, 2.24) is 4.98 Å². The van der Waals surface area contributed by atoms with E-state index in [-0.39, 0.29) is 0 Å². The van der Waals surface area contributed by atoms with Gasteiger partial charge in [0, 0.05) is 5.56 Å². The Morgan fingerprint density at radius 1 is 1.33 bits per heavy atom. The number of anilines is 1. The molecule has 1 aromatic carbocycles. The maximum Gasteiger partial charge on any atom is 0.297 e. The van der Waals surface area contributed by atoms with E-state index < -0.39 is 0 Å². The van der Waals surface area contributed by atoms with Gasteiger partial charge in [-0.1, -0.05) is 18.2 Å². The van der Waals surface area contributed by atoms with Crippen LogP contribution in [0.2, 0.25) is 0 Å². The lowest BCUT2D eigenvalue weighted by Gasteiger charge is -2.16. The number of nitrogens with zero attached hydrogens (tertiary/aromatic N) is 2. The highest BCUT2D eigenvalue weighted by Crippen LogP contribution is 2.25. The zero-order valence-corrected chi connectivity index (χ0v) is 10.6. The molecule has 2 aromatic rings. The zero-order chi connectivity index (χ0) is 12.4. The SMILES string of the molecule is ClCc1coc(N2CCOc3ccccc3C2)n1. The third kappa shape index (κ3) is 2.16. The largest absolute Gasteiger partial charge is 0.491 e. The number of rotatable bonds is 2. The summed E-state index contributed by atoms with van der Waals surface area (Å²) < 4.78 is 11.1. The van der Waals surface area contributed by atoms with Gasteiger partial charge in [-0.05, 0) is 6.07 Å². The highest BCUT2D eigenvalue weighted by Gasteiger charge is 2.18. The van der Waals surface area contributed by atoms with Gasteiger partial charge < -0.3 is 14.1 Å². The maximum absolute atomic E-state index is 5.73. The first kappa shape index (κ1) is 11.4. The van der Waals surface area contributed by atoms with Crippen molar-refractivity contribution in [1.29, 1.82) is 0 Å². The van der Waals surface area contributed by atoms with Gasteiger partial charge in [0.25, 0.3) is 6.01 Å². The molecular weight excluding hydrogens is 252 g/mol. The van der Waals surface area contributed by atoms with Crippen LogP contribution in [0.15, 0.2) is 34.9 Å². The summed E-state index contributed by atoms with van der Waals surface area (Å²) >= 11 is 5.73. The number of benzene rings is 1. The number of alkyl halides is 1. The van der Waals surface area contributed by atoms with Crippen LogP contribution in [-0.2, 0) is 12.4 Å². The Hall–Kier alpha value is -1.68. The molecule has 0 saturated heterocycles. The predicted octanol–water partition coefficient (Wildman–Crippen LogP) is 2.81. The van der Waals surface area contributed by atoms with Crippen molar-refractivity contribution in [3.05, 3.63) is 41.8 Å². The standard InChI is InChI=1S/C13H13ClN2O2/c14-7-11-9-18-13(15-11)16-5-6-17-12-4-2-1-3-10(12)8-16/h1-4,9H,5-8H2. The molecule has 0 spiro atoms. The molecule has 0 unspecified atom stereocenters. The van der Waals surface area contributed by atoms with Crippen LogP contribution in [0.25, 0.3) is 0 Å². The molecule has 94 valence electrons. The first-order valence-electron chi connectivity index (χ1n) is 5.83. The van der Waals surface area contributed by atoms with Crippen molar-refractivity contribution in [2.45, 2.75) is 12.4 Å². The van der Waals surface area contributed by atoms with Gasteiger partial charge in [0.05, 0.1) is 24.7 Å². The lowest BCUT2D eigenvalue weighted by molar-refractivity contribution is 0.329. The molecular formula is C13H13ClN2O2. The minimum atomic E-state index is 0.366. The lowest BCUT2D eigenvalue weighted by Crippen LogP contribution is -2.25. The fraction of sp³-hybridized carbons (Fsp3) is 0.308. The Morgan fingerprint density at radius 2 is 2.22 bits per heavy atom. The summed E-state index contributed by atoms with van der Waals surface area (Å²) in [5.74, 6) is 1.30. The van der Waals surface area contributed by atoms with Crippen LogP contribution in [0.3, 0.4) is 0 Å². The highest BCUT2D eigenvalue weighted by molar-refractivity contribution is 6.16. The second-order valence-electron chi connectivity index (χ2n) is 4.13. The van der Waals surface area contributed by atoms with E-state index >= 15 is 0 Å². The lowest BCUT2D eigenvalue weighted by atomic mass is 10.2. The third-order valence-corrected chi connectivity index (χ3v) is 3.17. The average Bonchev–Trinajstić information content (AvgIpc) is 2.78. The van der Waals surface area contributed by atoms with E-state index in [1.807, 2.05) is 18.2 Å². The van der Waals surface area contributed by atoms with E-state index in [1.165, 1.54) is 0 Å². The van der Waals surface area contributed by atoms with Crippen LogP contribution in [0.5, 0.6) is 5.75 Å². The highest BCUT2D eigenvalue weighted by atomic mass is 35.5. The maximum atomic E-state index is 5.73. The van der Waals surface area contributed by atoms with E-state index in [1.54, 1.807) is 6.26 Å². The summed E-state index contributed by atoms with van der Waals surface area (Å²) in [6.07, 6.45) is 1.60. The van der Waals surface area contributed by atoms with Crippen LogP contribution < -0.4 is 9.64 Å². The molecule has 5 heteroatoms. The van der Waals surface area contributed by atoms with Crippen molar-refractivity contribution in [2.75, 3.05) is 18.1 Å². The quantitative estimate of drug-likeness (QED) is 0.782.